The van der Waals surface area contributed by atoms with Gasteiger partial charge in [-0.25, -0.2) is 18.0 Å². The monoisotopic (exact) mass is 500 g/mol. The lowest BCUT2D eigenvalue weighted by Crippen LogP contribution is -2.50. The van der Waals surface area contributed by atoms with E-state index in [9.17, 15) is 13.6 Å². The van der Waals surface area contributed by atoms with Crippen molar-refractivity contribution in [3.8, 4) is 17.0 Å². The van der Waals surface area contributed by atoms with Crippen molar-refractivity contribution in [1.82, 2.24) is 34.5 Å². The summed E-state index contributed by atoms with van der Waals surface area (Å²) in [5, 5.41) is 24.7. The van der Waals surface area contributed by atoms with Gasteiger partial charge < -0.3 is 20.1 Å². The first-order chi connectivity index (χ1) is 17.4. The third-order valence-corrected chi connectivity index (χ3v) is 6.27. The van der Waals surface area contributed by atoms with Gasteiger partial charge in [0.25, 0.3) is 0 Å². The molecule has 13 heteroatoms. The van der Waals surface area contributed by atoms with E-state index in [-0.39, 0.29) is 19.0 Å². The minimum Gasteiger partial charge on any atom is -0.479 e. The van der Waals surface area contributed by atoms with Gasteiger partial charge >= 0.3 is 0 Å². The molecule has 0 saturated carbocycles. The Hall–Kier alpha value is -3.87. The van der Waals surface area contributed by atoms with Gasteiger partial charge in [-0.15, -0.1) is 10.2 Å². The highest BCUT2D eigenvalue weighted by molar-refractivity contribution is 5.89. The molecule has 2 N–H and O–H groups in total. The predicted octanol–water partition coefficient (Wildman–Crippen LogP) is 1.85. The third-order valence-electron chi connectivity index (χ3n) is 6.27. The number of aromatic nitrogens is 6. The maximum Gasteiger partial charge on any atom is 0.248 e. The van der Waals surface area contributed by atoms with E-state index in [1.165, 1.54) is 23.6 Å². The molecule has 1 amide bonds. The Morgan fingerprint density at radius 3 is 2.92 bits per heavy atom. The van der Waals surface area contributed by atoms with Crippen LogP contribution in [0, 0.1) is 0 Å². The number of likely N-dealkylation sites (tertiary alicyclic amines) is 1. The summed E-state index contributed by atoms with van der Waals surface area (Å²) in [4.78, 5) is 17.4. The van der Waals surface area contributed by atoms with Gasteiger partial charge in [-0.1, -0.05) is 11.3 Å². The standard InChI is InChI=1S/C23H26F2N8O3/c1-13(24)10-33-19-9-14(3-4-18(19)28-30-33)15-5-8-32-21(15)22(36-2)27-23(29-32)26-17-6-7-31(11-16(17)25)20(35)12-34/h3-5,8-9,13,16-17,34H,6-7,10-12H2,1-2H3,(H,26,29)/t13-,16+,17-/m0/s1. The number of aliphatic hydroxyl groups excluding tert-OH is 1. The van der Waals surface area contributed by atoms with Gasteiger partial charge in [-0.05, 0) is 37.1 Å². The normalized spacial score (nSPS) is 19.1. The van der Waals surface area contributed by atoms with Gasteiger partial charge in [0, 0.05) is 18.3 Å². The molecular formula is C23H26F2N8O3. The molecule has 1 saturated heterocycles. The first-order valence-electron chi connectivity index (χ1n) is 11.6. The highest BCUT2D eigenvalue weighted by Gasteiger charge is 2.32. The van der Waals surface area contributed by atoms with E-state index in [1.807, 2.05) is 24.3 Å². The number of carbonyl (C=O) groups is 1. The maximum atomic E-state index is 14.7. The molecule has 1 aliphatic heterocycles. The number of ether oxygens (including phenoxy) is 1. The summed E-state index contributed by atoms with van der Waals surface area (Å²) in [6, 6.07) is 6.85. The van der Waals surface area contributed by atoms with Crippen LogP contribution in [0.3, 0.4) is 0 Å². The second kappa shape index (κ2) is 9.64. The molecule has 0 unspecified atom stereocenters. The number of anilines is 1. The summed E-state index contributed by atoms with van der Waals surface area (Å²) in [7, 11) is 1.49. The number of halogens is 2. The number of nitrogens with zero attached hydrogens (tertiary/aromatic N) is 7. The van der Waals surface area contributed by atoms with Gasteiger partial charge in [0.2, 0.25) is 17.7 Å². The minimum atomic E-state index is -1.35. The number of aliphatic hydroxyl groups is 1. The quantitative estimate of drug-likeness (QED) is 0.394. The van der Waals surface area contributed by atoms with Crippen LogP contribution in [0.4, 0.5) is 14.7 Å². The number of hydrogen-bond acceptors (Lipinski definition) is 8. The van der Waals surface area contributed by atoms with E-state index in [2.05, 4.69) is 25.7 Å². The van der Waals surface area contributed by atoms with Crippen LogP contribution >= 0.6 is 0 Å². The Labute approximate surface area is 204 Å². The fraction of sp³-hybridized carbons (Fsp3) is 0.435. The average molecular weight is 501 g/mol. The van der Waals surface area contributed by atoms with Gasteiger partial charge in [0.05, 0.1) is 31.8 Å². The van der Waals surface area contributed by atoms with E-state index in [4.69, 9.17) is 9.84 Å². The maximum absolute atomic E-state index is 14.7. The largest absolute Gasteiger partial charge is 0.479 e. The van der Waals surface area contributed by atoms with Crippen molar-refractivity contribution in [1.29, 1.82) is 0 Å². The number of piperidine rings is 1. The Bertz CT molecular complexity index is 1410. The number of benzene rings is 1. The molecule has 5 rings (SSSR count). The zero-order valence-electron chi connectivity index (χ0n) is 19.8. The first-order valence-corrected chi connectivity index (χ1v) is 11.6. The molecule has 1 aliphatic rings. The predicted molar refractivity (Wildman–Crippen MR) is 127 cm³/mol. The van der Waals surface area contributed by atoms with Crippen LogP contribution in [0.2, 0.25) is 0 Å². The molecule has 1 fully saturated rings. The number of alkyl halides is 2. The second-order valence-corrected chi connectivity index (χ2v) is 8.78. The summed E-state index contributed by atoms with van der Waals surface area (Å²) < 4.78 is 37.0. The van der Waals surface area contributed by atoms with Gasteiger partial charge in [0.15, 0.2) is 0 Å². The summed E-state index contributed by atoms with van der Waals surface area (Å²) in [6.07, 6.45) is -0.331. The van der Waals surface area contributed by atoms with E-state index in [1.54, 1.807) is 10.7 Å². The number of rotatable bonds is 7. The van der Waals surface area contributed by atoms with Gasteiger partial charge in [-0.3, -0.25) is 4.79 Å². The molecule has 4 heterocycles. The molecule has 1 aromatic carbocycles. The lowest BCUT2D eigenvalue weighted by molar-refractivity contribution is -0.136. The first kappa shape index (κ1) is 23.9. The molecule has 0 bridgehead atoms. The fourth-order valence-corrected chi connectivity index (χ4v) is 4.49. The van der Waals surface area contributed by atoms with Crippen molar-refractivity contribution >= 4 is 28.4 Å². The second-order valence-electron chi connectivity index (χ2n) is 8.78. The average Bonchev–Trinajstić information content (AvgIpc) is 3.47. The van der Waals surface area contributed by atoms with Gasteiger partial charge in [-0.2, -0.15) is 4.98 Å². The van der Waals surface area contributed by atoms with Crippen molar-refractivity contribution < 1.29 is 23.4 Å². The Balaban J connectivity index is 1.44. The zero-order chi connectivity index (χ0) is 25.4. The number of nitrogens with one attached hydrogen (secondary N) is 1. The lowest BCUT2D eigenvalue weighted by atomic mass is 10.0. The lowest BCUT2D eigenvalue weighted by Gasteiger charge is -2.34. The summed E-state index contributed by atoms with van der Waals surface area (Å²) in [5.74, 6) is -0.0165. The molecule has 0 spiro atoms. The van der Waals surface area contributed by atoms with E-state index in [0.29, 0.717) is 35.4 Å². The van der Waals surface area contributed by atoms with Crippen LogP contribution in [0.25, 0.3) is 27.7 Å². The van der Waals surface area contributed by atoms with Crippen molar-refractivity contribution in [2.24, 2.45) is 0 Å². The summed E-state index contributed by atoms with van der Waals surface area (Å²) in [6.45, 7) is 1.13. The molecule has 3 atom stereocenters. The minimum absolute atomic E-state index is 0.0978. The Morgan fingerprint density at radius 2 is 2.19 bits per heavy atom. The molecule has 36 heavy (non-hydrogen) atoms. The molecule has 11 nitrogen and oxygen atoms in total. The van der Waals surface area contributed by atoms with Crippen molar-refractivity contribution in [2.45, 2.75) is 38.3 Å². The SMILES string of the molecule is COc1nc(N[C@H]2CCN(C(=O)CO)C[C@H]2F)nn2ccc(-c3ccc4nnn(C[C@H](C)F)c4c3)c12. The summed E-state index contributed by atoms with van der Waals surface area (Å²) in [5.41, 5.74) is 3.59. The number of fused-ring (bicyclic) bond motifs is 2. The molecule has 4 aromatic rings. The highest BCUT2D eigenvalue weighted by atomic mass is 19.1. The number of methoxy groups -OCH3 is 1. The topological polar surface area (TPSA) is 123 Å². The smallest absolute Gasteiger partial charge is 0.248 e. The fourth-order valence-electron chi connectivity index (χ4n) is 4.49. The Kier molecular flexibility index (Phi) is 6.39. The number of carbonyl (C=O) groups excluding carboxylic acids is 1. The van der Waals surface area contributed by atoms with Crippen LogP contribution in [0.1, 0.15) is 13.3 Å². The molecular weight excluding hydrogens is 474 g/mol. The molecule has 0 radical (unpaired) electrons. The van der Waals surface area contributed by atoms with Crippen molar-refractivity contribution in [3.63, 3.8) is 0 Å². The molecule has 0 aliphatic carbocycles. The third kappa shape index (κ3) is 4.41. The van der Waals surface area contributed by atoms with E-state index in [0.717, 1.165) is 11.1 Å². The number of amides is 1. The Morgan fingerprint density at radius 1 is 1.36 bits per heavy atom. The zero-order valence-corrected chi connectivity index (χ0v) is 19.8. The van der Waals surface area contributed by atoms with Gasteiger partial charge in [0.1, 0.15) is 30.0 Å². The van der Waals surface area contributed by atoms with Crippen LogP contribution < -0.4 is 10.1 Å². The summed E-state index contributed by atoms with van der Waals surface area (Å²) >= 11 is 0. The van der Waals surface area contributed by atoms with Crippen LogP contribution in [-0.2, 0) is 11.3 Å². The molecule has 3 aromatic heterocycles. The van der Waals surface area contributed by atoms with Crippen molar-refractivity contribution in [3.05, 3.63) is 30.5 Å². The van der Waals surface area contributed by atoms with Crippen LogP contribution in [0.15, 0.2) is 30.5 Å². The van der Waals surface area contributed by atoms with E-state index >= 15 is 0 Å². The van der Waals surface area contributed by atoms with E-state index < -0.39 is 30.9 Å². The highest BCUT2D eigenvalue weighted by Crippen LogP contribution is 2.33. The molecule has 190 valence electrons. The van der Waals surface area contributed by atoms with Crippen LogP contribution in [0.5, 0.6) is 5.88 Å². The van der Waals surface area contributed by atoms with Crippen molar-refractivity contribution in [2.75, 3.05) is 32.1 Å². The number of hydrogen-bond donors (Lipinski definition) is 2. The van der Waals surface area contributed by atoms with Crippen LogP contribution in [-0.4, -0.2) is 90.7 Å².